The van der Waals surface area contributed by atoms with Crippen LogP contribution in [0.4, 0.5) is 5.13 Å². The van der Waals surface area contributed by atoms with Crippen LogP contribution in [0.2, 0.25) is 0 Å². The largest absolute Gasteiger partial charge is 0.305 e. The molecule has 0 aliphatic rings. The average molecular weight is 422 g/mol. The molecule has 3 aromatic heterocycles. The molecule has 142 valence electrons. The summed E-state index contributed by atoms with van der Waals surface area (Å²) >= 11 is 4.37. The number of anilines is 1. The molecule has 0 fully saturated rings. The van der Waals surface area contributed by atoms with Crippen LogP contribution >= 0.6 is 34.9 Å². The molecule has 0 bridgehead atoms. The molecular formula is C16H19N7OS3. The standard InChI is InChI=1S/C16H19N7OS3/c1-10(2)8-26-16-22-20-14(27-16)18-12(24)9-25-15-21-19-13(23(15)3)11-4-6-17-7-5-11/h4-7,10H,8-9H2,1-3H3,(H,18,20,24). The van der Waals surface area contributed by atoms with Gasteiger partial charge in [0.1, 0.15) is 0 Å². The zero-order valence-corrected chi connectivity index (χ0v) is 17.6. The van der Waals surface area contributed by atoms with Crippen molar-refractivity contribution < 1.29 is 4.79 Å². The lowest BCUT2D eigenvalue weighted by Crippen LogP contribution is -2.14. The quantitative estimate of drug-likeness (QED) is 0.437. The maximum absolute atomic E-state index is 12.2. The molecule has 3 aromatic rings. The molecule has 0 atom stereocenters. The van der Waals surface area contributed by atoms with Gasteiger partial charge in [-0.1, -0.05) is 48.7 Å². The Morgan fingerprint density at radius 1 is 1.19 bits per heavy atom. The predicted molar refractivity (Wildman–Crippen MR) is 109 cm³/mol. The van der Waals surface area contributed by atoms with Crippen molar-refractivity contribution in [3.05, 3.63) is 24.5 Å². The van der Waals surface area contributed by atoms with Gasteiger partial charge in [0, 0.05) is 30.8 Å². The maximum atomic E-state index is 12.2. The fourth-order valence-electron chi connectivity index (χ4n) is 2.03. The van der Waals surface area contributed by atoms with Gasteiger partial charge in [-0.05, 0) is 18.1 Å². The van der Waals surface area contributed by atoms with Crippen LogP contribution in [0.1, 0.15) is 13.8 Å². The number of nitrogens with one attached hydrogen (secondary N) is 1. The van der Waals surface area contributed by atoms with E-state index in [0.717, 1.165) is 21.5 Å². The highest BCUT2D eigenvalue weighted by Gasteiger charge is 2.14. The minimum absolute atomic E-state index is 0.148. The molecule has 11 heteroatoms. The molecule has 0 aliphatic heterocycles. The fourth-order valence-corrected chi connectivity index (χ4v) is 4.49. The number of pyridine rings is 1. The number of carbonyl (C=O) groups is 1. The first-order valence-corrected chi connectivity index (χ1v) is 11.0. The van der Waals surface area contributed by atoms with Crippen molar-refractivity contribution >= 4 is 45.9 Å². The lowest BCUT2D eigenvalue weighted by molar-refractivity contribution is -0.113. The van der Waals surface area contributed by atoms with E-state index in [-0.39, 0.29) is 11.7 Å². The second kappa shape index (κ2) is 9.29. The Morgan fingerprint density at radius 2 is 1.96 bits per heavy atom. The van der Waals surface area contributed by atoms with Crippen LogP contribution in [0, 0.1) is 5.92 Å². The Morgan fingerprint density at radius 3 is 2.70 bits per heavy atom. The summed E-state index contributed by atoms with van der Waals surface area (Å²) in [6.45, 7) is 4.31. The highest BCUT2D eigenvalue weighted by Crippen LogP contribution is 2.27. The first-order chi connectivity index (χ1) is 13.0. The summed E-state index contributed by atoms with van der Waals surface area (Å²) in [6.07, 6.45) is 3.42. The second-order valence-electron chi connectivity index (χ2n) is 6.02. The number of carbonyl (C=O) groups excluding carboxylic acids is 1. The van der Waals surface area contributed by atoms with E-state index < -0.39 is 0 Å². The predicted octanol–water partition coefficient (Wildman–Crippen LogP) is 3.21. The van der Waals surface area contributed by atoms with Crippen molar-refractivity contribution in [1.82, 2.24) is 29.9 Å². The van der Waals surface area contributed by atoms with Gasteiger partial charge in [0.15, 0.2) is 15.3 Å². The van der Waals surface area contributed by atoms with E-state index >= 15 is 0 Å². The van der Waals surface area contributed by atoms with Crippen LogP contribution in [-0.2, 0) is 11.8 Å². The SMILES string of the molecule is CC(C)CSc1nnc(NC(=O)CSc2nnc(-c3ccncc3)n2C)s1. The molecule has 27 heavy (non-hydrogen) atoms. The van der Waals surface area contributed by atoms with E-state index in [9.17, 15) is 4.79 Å². The fraction of sp³-hybridized carbons (Fsp3) is 0.375. The van der Waals surface area contributed by atoms with E-state index in [4.69, 9.17) is 0 Å². The monoisotopic (exact) mass is 421 g/mol. The number of hydrogen-bond donors (Lipinski definition) is 1. The first-order valence-electron chi connectivity index (χ1n) is 8.21. The molecule has 1 amide bonds. The molecule has 0 aliphatic carbocycles. The molecule has 0 aromatic carbocycles. The van der Waals surface area contributed by atoms with Gasteiger partial charge in [-0.15, -0.1) is 20.4 Å². The zero-order chi connectivity index (χ0) is 19.2. The molecule has 1 N–H and O–H groups in total. The summed E-state index contributed by atoms with van der Waals surface area (Å²) in [5.74, 6) is 2.36. The third kappa shape index (κ3) is 5.50. The summed E-state index contributed by atoms with van der Waals surface area (Å²) in [5.41, 5.74) is 0.927. The minimum atomic E-state index is -0.148. The highest BCUT2D eigenvalue weighted by atomic mass is 32.2. The molecule has 0 radical (unpaired) electrons. The number of thioether (sulfide) groups is 2. The minimum Gasteiger partial charge on any atom is -0.305 e. The molecule has 0 saturated carbocycles. The molecule has 3 heterocycles. The number of nitrogens with zero attached hydrogens (tertiary/aromatic N) is 6. The van der Waals surface area contributed by atoms with Gasteiger partial charge in [-0.25, -0.2) is 0 Å². The van der Waals surface area contributed by atoms with Crippen molar-refractivity contribution in [1.29, 1.82) is 0 Å². The van der Waals surface area contributed by atoms with Crippen LogP contribution in [0.25, 0.3) is 11.4 Å². The zero-order valence-electron chi connectivity index (χ0n) is 15.1. The van der Waals surface area contributed by atoms with Crippen molar-refractivity contribution in [2.45, 2.75) is 23.3 Å². The maximum Gasteiger partial charge on any atom is 0.236 e. The average Bonchev–Trinajstić information content (AvgIpc) is 3.25. The van der Waals surface area contributed by atoms with E-state index in [1.54, 1.807) is 24.2 Å². The third-order valence-corrected chi connectivity index (χ3v) is 6.72. The molecule has 0 saturated heterocycles. The van der Waals surface area contributed by atoms with E-state index in [1.165, 1.54) is 23.1 Å². The Hall–Kier alpha value is -1.98. The van der Waals surface area contributed by atoms with Gasteiger partial charge >= 0.3 is 0 Å². The van der Waals surface area contributed by atoms with Crippen LogP contribution in [-0.4, -0.2) is 47.4 Å². The second-order valence-corrected chi connectivity index (χ2v) is 9.20. The summed E-state index contributed by atoms with van der Waals surface area (Å²) in [6, 6.07) is 3.74. The molecule has 8 nitrogen and oxygen atoms in total. The summed E-state index contributed by atoms with van der Waals surface area (Å²) < 4.78 is 2.72. The number of rotatable bonds is 8. The van der Waals surface area contributed by atoms with Gasteiger partial charge in [-0.2, -0.15) is 0 Å². The summed E-state index contributed by atoms with van der Waals surface area (Å²) in [4.78, 5) is 16.2. The van der Waals surface area contributed by atoms with Crippen molar-refractivity contribution in [3.8, 4) is 11.4 Å². The number of amides is 1. The summed E-state index contributed by atoms with van der Waals surface area (Å²) in [7, 11) is 1.87. The summed E-state index contributed by atoms with van der Waals surface area (Å²) in [5, 5.41) is 20.4. The van der Waals surface area contributed by atoms with Gasteiger partial charge in [0.25, 0.3) is 0 Å². The van der Waals surface area contributed by atoms with Crippen LogP contribution in [0.5, 0.6) is 0 Å². The van der Waals surface area contributed by atoms with Crippen LogP contribution < -0.4 is 5.32 Å². The first kappa shape index (κ1) is 19.8. The van der Waals surface area contributed by atoms with Crippen LogP contribution in [0.15, 0.2) is 34.0 Å². The Bertz CT molecular complexity index is 895. The van der Waals surface area contributed by atoms with Crippen LogP contribution in [0.3, 0.4) is 0 Å². The van der Waals surface area contributed by atoms with Gasteiger partial charge in [-0.3, -0.25) is 15.1 Å². The van der Waals surface area contributed by atoms with Gasteiger partial charge < -0.3 is 4.57 Å². The highest BCUT2D eigenvalue weighted by molar-refractivity contribution is 8.01. The third-order valence-electron chi connectivity index (χ3n) is 3.30. The normalized spacial score (nSPS) is 11.1. The molecule has 3 rings (SSSR count). The van der Waals surface area contributed by atoms with Crippen molar-refractivity contribution in [2.75, 3.05) is 16.8 Å². The Kier molecular flexibility index (Phi) is 6.80. The number of hydrogen-bond acceptors (Lipinski definition) is 9. The van der Waals surface area contributed by atoms with E-state index in [1.807, 2.05) is 23.7 Å². The van der Waals surface area contributed by atoms with Crippen molar-refractivity contribution in [2.24, 2.45) is 13.0 Å². The van der Waals surface area contributed by atoms with Gasteiger partial charge in [0.2, 0.25) is 11.0 Å². The number of aromatic nitrogens is 6. The van der Waals surface area contributed by atoms with E-state index in [0.29, 0.717) is 16.2 Å². The Labute approximate surface area is 169 Å². The molecular weight excluding hydrogens is 402 g/mol. The topological polar surface area (TPSA) is 98.5 Å². The van der Waals surface area contributed by atoms with Gasteiger partial charge in [0.05, 0.1) is 5.75 Å². The van der Waals surface area contributed by atoms with E-state index in [2.05, 4.69) is 44.5 Å². The van der Waals surface area contributed by atoms with Crippen molar-refractivity contribution in [3.63, 3.8) is 0 Å². The smallest absolute Gasteiger partial charge is 0.236 e. The lowest BCUT2D eigenvalue weighted by Gasteiger charge is -2.03. The molecule has 0 unspecified atom stereocenters. The Balaban J connectivity index is 1.53. The molecule has 0 spiro atoms. The lowest BCUT2D eigenvalue weighted by atomic mass is 10.2.